The Morgan fingerprint density at radius 3 is 2.07 bits per heavy atom. The van der Waals surface area contributed by atoms with Gasteiger partial charge in [-0.25, -0.2) is 0 Å². The molecule has 5 nitrogen and oxygen atoms in total. The highest BCUT2D eigenvalue weighted by Crippen LogP contribution is 2.56. The molecule has 0 radical (unpaired) electrons. The van der Waals surface area contributed by atoms with E-state index in [4.69, 9.17) is 19.0 Å². The molecule has 15 heavy (non-hydrogen) atoms. The quantitative estimate of drug-likeness (QED) is 0.400. The molecule has 0 aliphatic rings. The van der Waals surface area contributed by atoms with Crippen molar-refractivity contribution in [1.82, 2.24) is 0 Å². The maximum atomic E-state index is 12.1. The van der Waals surface area contributed by atoms with E-state index < -0.39 is 7.60 Å². The van der Waals surface area contributed by atoms with E-state index in [0.29, 0.717) is 0 Å². The molecule has 6 heteroatoms. The molecule has 0 saturated carbocycles. The molecule has 0 saturated heterocycles. The summed E-state index contributed by atoms with van der Waals surface area (Å²) in [5.74, 6) is -0.0276. The van der Waals surface area contributed by atoms with E-state index in [1.807, 2.05) is 0 Å². The zero-order chi connectivity index (χ0) is 11.9. The van der Waals surface area contributed by atoms with E-state index >= 15 is 0 Å². The lowest BCUT2D eigenvalue weighted by Crippen LogP contribution is -2.00. The van der Waals surface area contributed by atoms with Gasteiger partial charge in [0.15, 0.2) is 0 Å². The van der Waals surface area contributed by atoms with Crippen molar-refractivity contribution in [1.29, 1.82) is 5.26 Å². The van der Waals surface area contributed by atoms with Crippen molar-refractivity contribution in [2.45, 2.75) is 20.8 Å². The maximum absolute atomic E-state index is 12.1. The molecule has 86 valence electrons. The molecule has 0 bridgehead atoms. The lowest BCUT2D eigenvalue weighted by Gasteiger charge is -2.17. The minimum Gasteiger partial charge on any atom is -0.487 e. The van der Waals surface area contributed by atoms with Crippen molar-refractivity contribution in [2.75, 3.05) is 20.3 Å². The van der Waals surface area contributed by atoms with Crippen molar-refractivity contribution < 1.29 is 18.3 Å². The van der Waals surface area contributed by atoms with E-state index in [1.165, 1.54) is 14.0 Å². The van der Waals surface area contributed by atoms with Gasteiger partial charge < -0.3 is 13.8 Å². The third-order valence-electron chi connectivity index (χ3n) is 1.64. The van der Waals surface area contributed by atoms with Crippen molar-refractivity contribution in [2.24, 2.45) is 0 Å². The number of hydrogen-bond acceptors (Lipinski definition) is 5. The molecule has 0 aliphatic heterocycles. The summed E-state index contributed by atoms with van der Waals surface area (Å²) in [4.78, 5) is 0. The van der Waals surface area contributed by atoms with E-state index in [2.05, 4.69) is 0 Å². The number of hydrogen-bond donors (Lipinski definition) is 0. The number of methoxy groups -OCH3 is 1. The molecule has 0 amide bonds. The summed E-state index contributed by atoms with van der Waals surface area (Å²) in [6.45, 7) is 5.41. The highest BCUT2D eigenvalue weighted by Gasteiger charge is 2.30. The van der Waals surface area contributed by atoms with Gasteiger partial charge in [-0.2, -0.15) is 5.26 Å². The first kappa shape index (κ1) is 14.2. The molecule has 0 aromatic rings. The van der Waals surface area contributed by atoms with Crippen LogP contribution in [0.25, 0.3) is 0 Å². The predicted octanol–water partition coefficient (Wildman–Crippen LogP) is 2.65. The second-order valence-corrected chi connectivity index (χ2v) is 4.75. The molecule has 0 heterocycles. The topological polar surface area (TPSA) is 68.5 Å². The predicted molar refractivity (Wildman–Crippen MR) is 56.2 cm³/mol. The smallest absolute Gasteiger partial charge is 0.361 e. The normalized spacial score (nSPS) is 13.0. The second kappa shape index (κ2) is 6.62. The van der Waals surface area contributed by atoms with Gasteiger partial charge in [0.2, 0.25) is 5.76 Å². The van der Waals surface area contributed by atoms with Crippen molar-refractivity contribution in [3.05, 3.63) is 11.1 Å². The highest BCUT2D eigenvalue weighted by atomic mass is 31.2. The average Bonchev–Trinajstić information content (AvgIpc) is 2.20. The fraction of sp³-hybridized carbons (Fsp3) is 0.667. The first-order chi connectivity index (χ1) is 7.05. The summed E-state index contributed by atoms with van der Waals surface area (Å²) >= 11 is 0. The van der Waals surface area contributed by atoms with Crippen LogP contribution in [0.3, 0.4) is 0 Å². The van der Waals surface area contributed by atoms with Gasteiger partial charge in [0.1, 0.15) is 6.07 Å². The molecule has 0 aliphatic carbocycles. The van der Waals surface area contributed by atoms with Crippen LogP contribution in [0.1, 0.15) is 20.8 Å². The van der Waals surface area contributed by atoms with Crippen LogP contribution in [-0.4, -0.2) is 20.3 Å². The summed E-state index contributed by atoms with van der Waals surface area (Å²) in [6, 6.07) is 1.80. The van der Waals surface area contributed by atoms with Crippen molar-refractivity contribution in [3.8, 4) is 6.07 Å². The molecule has 0 unspecified atom stereocenters. The van der Waals surface area contributed by atoms with Gasteiger partial charge in [-0.05, 0) is 20.8 Å². The maximum Gasteiger partial charge on any atom is 0.361 e. The van der Waals surface area contributed by atoms with Crippen LogP contribution in [-0.2, 0) is 18.3 Å². The number of nitrogens with zero attached hydrogens (tertiary/aromatic N) is 1. The van der Waals surface area contributed by atoms with Gasteiger partial charge in [-0.15, -0.1) is 0 Å². The average molecular weight is 233 g/mol. The second-order valence-electron chi connectivity index (χ2n) is 2.56. The Balaban J connectivity index is 5.18. The molecule has 0 spiro atoms. The summed E-state index contributed by atoms with van der Waals surface area (Å²) < 4.78 is 27.0. The minimum absolute atomic E-state index is 0.0276. The summed E-state index contributed by atoms with van der Waals surface area (Å²) in [5, 5.41) is 8.94. The number of rotatable bonds is 6. The fourth-order valence-electron chi connectivity index (χ4n) is 0.969. The van der Waals surface area contributed by atoms with Crippen LogP contribution in [0.5, 0.6) is 0 Å². The standard InChI is InChI=1S/C9H16NO4P/c1-5-13-15(11,14-6-2)8(3)9(7-10)12-4/h5-6H2,1-4H3/b9-8-. The number of allylic oxidation sites excluding steroid dienone is 2. The Hall–Kier alpha value is -0.820. The van der Waals surface area contributed by atoms with Crippen LogP contribution >= 0.6 is 7.60 Å². The van der Waals surface area contributed by atoms with E-state index in [0.717, 1.165) is 0 Å². The molecule has 0 N–H and O–H groups in total. The Morgan fingerprint density at radius 2 is 1.80 bits per heavy atom. The monoisotopic (exact) mass is 233 g/mol. The Kier molecular flexibility index (Phi) is 6.26. The lowest BCUT2D eigenvalue weighted by atomic mass is 10.5. The first-order valence-corrected chi connectivity index (χ1v) is 6.14. The fourth-order valence-corrected chi connectivity index (χ4v) is 2.50. The molecular formula is C9H16NO4P. The minimum atomic E-state index is -3.37. The largest absolute Gasteiger partial charge is 0.487 e. The van der Waals surface area contributed by atoms with Crippen molar-refractivity contribution >= 4 is 7.60 Å². The van der Waals surface area contributed by atoms with Gasteiger partial charge in [0.05, 0.1) is 25.6 Å². The summed E-state index contributed by atoms with van der Waals surface area (Å²) in [7, 11) is -2.03. The van der Waals surface area contributed by atoms with Crippen molar-refractivity contribution in [3.63, 3.8) is 0 Å². The van der Waals surface area contributed by atoms with Crippen LogP contribution in [0.2, 0.25) is 0 Å². The van der Waals surface area contributed by atoms with Gasteiger partial charge in [0.25, 0.3) is 0 Å². The van der Waals surface area contributed by atoms with E-state index in [1.54, 1.807) is 19.9 Å². The Labute approximate surface area is 90.2 Å². The molecule has 0 rings (SSSR count). The molecule has 0 fully saturated rings. The molecule has 0 aromatic carbocycles. The Bertz CT molecular complexity index is 309. The van der Waals surface area contributed by atoms with Crippen LogP contribution in [0.15, 0.2) is 11.1 Å². The lowest BCUT2D eigenvalue weighted by molar-refractivity contribution is 0.223. The zero-order valence-corrected chi connectivity index (χ0v) is 10.3. The molecular weight excluding hydrogens is 217 g/mol. The van der Waals surface area contributed by atoms with Gasteiger partial charge in [-0.1, -0.05) is 0 Å². The van der Waals surface area contributed by atoms with Crippen LogP contribution in [0.4, 0.5) is 0 Å². The van der Waals surface area contributed by atoms with Gasteiger partial charge >= 0.3 is 7.60 Å². The summed E-state index contributed by atoms with van der Waals surface area (Å²) in [6.07, 6.45) is 0. The van der Waals surface area contributed by atoms with E-state index in [-0.39, 0.29) is 24.3 Å². The number of nitriles is 1. The Morgan fingerprint density at radius 1 is 1.33 bits per heavy atom. The third-order valence-corrected chi connectivity index (χ3v) is 3.86. The van der Waals surface area contributed by atoms with Gasteiger partial charge in [0, 0.05) is 0 Å². The van der Waals surface area contributed by atoms with Crippen LogP contribution < -0.4 is 0 Å². The highest BCUT2D eigenvalue weighted by molar-refractivity contribution is 7.58. The number of ether oxygens (including phenoxy) is 1. The molecule has 0 atom stereocenters. The zero-order valence-electron chi connectivity index (χ0n) is 9.44. The third kappa shape index (κ3) is 3.67. The van der Waals surface area contributed by atoms with Crippen LogP contribution in [0, 0.1) is 11.3 Å². The van der Waals surface area contributed by atoms with E-state index in [9.17, 15) is 4.57 Å². The first-order valence-electron chi connectivity index (χ1n) is 4.60. The molecule has 0 aromatic heterocycles. The SMILES string of the molecule is CCOP(=O)(OCC)/C(C)=C(/C#N)OC. The summed E-state index contributed by atoms with van der Waals surface area (Å²) in [5.41, 5.74) is 0. The van der Waals surface area contributed by atoms with Gasteiger partial charge in [-0.3, -0.25) is 4.57 Å².